The van der Waals surface area contributed by atoms with Crippen molar-refractivity contribution in [1.82, 2.24) is 4.31 Å². The molecule has 0 bridgehead atoms. The normalized spacial score (nSPS) is 14.4. The molecular weight excluding hydrogens is 320 g/mol. The van der Waals surface area contributed by atoms with Crippen LogP contribution in [0.1, 0.15) is 15.2 Å². The lowest BCUT2D eigenvalue weighted by atomic mass is 10.2. The lowest BCUT2D eigenvalue weighted by Gasteiger charge is -2.16. The highest BCUT2D eigenvalue weighted by Crippen LogP contribution is 2.31. The summed E-state index contributed by atoms with van der Waals surface area (Å²) in [5.74, 6) is -0.143. The summed E-state index contributed by atoms with van der Waals surface area (Å²) < 4.78 is 25.3. The van der Waals surface area contributed by atoms with Crippen LogP contribution in [0.3, 0.4) is 0 Å². The van der Waals surface area contributed by atoms with Crippen LogP contribution in [0.4, 0.5) is 5.69 Å². The molecule has 1 aliphatic heterocycles. The Bertz CT molecular complexity index is 825. The number of hydrogen-bond acceptors (Lipinski definition) is 4. The van der Waals surface area contributed by atoms with Gasteiger partial charge in [0.25, 0.3) is 5.91 Å². The predicted molar refractivity (Wildman–Crippen MR) is 87.0 cm³/mol. The van der Waals surface area contributed by atoms with Crippen LogP contribution < -0.4 is 4.90 Å². The van der Waals surface area contributed by atoms with Crippen LogP contribution in [0, 0.1) is 0 Å². The number of para-hydroxylation sites is 1. The van der Waals surface area contributed by atoms with Crippen LogP contribution in [0.2, 0.25) is 0 Å². The van der Waals surface area contributed by atoms with Crippen molar-refractivity contribution in [2.45, 2.75) is 11.3 Å². The number of amides is 1. The second-order valence-electron chi connectivity index (χ2n) is 5.27. The molecule has 1 aromatic heterocycles. The van der Waals surface area contributed by atoms with Gasteiger partial charge < -0.3 is 4.90 Å². The number of fused-ring (bicyclic) bond motifs is 1. The first-order valence-corrected chi connectivity index (χ1v) is 9.14. The molecule has 0 atom stereocenters. The van der Waals surface area contributed by atoms with Crippen LogP contribution in [0.25, 0.3) is 0 Å². The smallest absolute Gasteiger partial charge is 0.268 e. The zero-order valence-corrected chi connectivity index (χ0v) is 13.9. The maximum absolute atomic E-state index is 12.6. The zero-order chi connectivity index (χ0) is 15.9. The Morgan fingerprint density at radius 1 is 1.27 bits per heavy atom. The first-order valence-electron chi connectivity index (χ1n) is 6.82. The number of carbonyl (C=O) groups is 1. The lowest BCUT2D eigenvalue weighted by molar-refractivity contribution is 0.0993. The summed E-state index contributed by atoms with van der Waals surface area (Å²) in [4.78, 5) is 15.0. The second-order valence-corrected chi connectivity index (χ2v) is 8.33. The minimum absolute atomic E-state index is 0.143. The molecule has 1 amide bonds. The topological polar surface area (TPSA) is 57.7 Å². The first-order chi connectivity index (χ1) is 10.4. The SMILES string of the molecule is CN(C)S(=O)(=O)c1csc(C(=O)N2CCc3ccccc32)c1. The molecule has 0 unspecified atom stereocenters. The molecule has 0 fully saturated rings. The molecule has 2 aromatic rings. The zero-order valence-electron chi connectivity index (χ0n) is 12.3. The highest BCUT2D eigenvalue weighted by Gasteiger charge is 2.28. The largest absolute Gasteiger partial charge is 0.307 e. The number of hydrogen-bond donors (Lipinski definition) is 0. The summed E-state index contributed by atoms with van der Waals surface area (Å²) in [6.45, 7) is 0.631. The van der Waals surface area contributed by atoms with Crippen LogP contribution in [-0.4, -0.2) is 39.3 Å². The molecule has 5 nitrogen and oxygen atoms in total. The molecule has 0 N–H and O–H groups in total. The van der Waals surface area contributed by atoms with Gasteiger partial charge in [-0.05, 0) is 24.1 Å². The average Bonchev–Trinajstić information content (AvgIpc) is 3.14. The molecule has 0 radical (unpaired) electrons. The van der Waals surface area contributed by atoms with Crippen molar-refractivity contribution >= 4 is 33.0 Å². The van der Waals surface area contributed by atoms with Gasteiger partial charge in [0, 0.05) is 31.7 Å². The average molecular weight is 336 g/mol. The summed E-state index contributed by atoms with van der Waals surface area (Å²) in [5.41, 5.74) is 2.06. The molecule has 1 aromatic carbocycles. The van der Waals surface area contributed by atoms with Gasteiger partial charge in [-0.1, -0.05) is 18.2 Å². The highest BCUT2D eigenvalue weighted by atomic mass is 32.2. The van der Waals surface area contributed by atoms with Gasteiger partial charge in [0.1, 0.15) is 0 Å². The number of sulfonamides is 1. The molecule has 0 saturated heterocycles. The Labute approximate surface area is 133 Å². The van der Waals surface area contributed by atoms with Crippen molar-refractivity contribution in [3.8, 4) is 0 Å². The predicted octanol–water partition coefficient (Wildman–Crippen LogP) is 2.20. The molecular formula is C15H16N2O3S2. The van der Waals surface area contributed by atoms with E-state index in [2.05, 4.69) is 0 Å². The van der Waals surface area contributed by atoms with Crippen molar-refractivity contribution in [1.29, 1.82) is 0 Å². The van der Waals surface area contributed by atoms with E-state index in [1.807, 2.05) is 24.3 Å². The van der Waals surface area contributed by atoms with E-state index in [4.69, 9.17) is 0 Å². The molecule has 22 heavy (non-hydrogen) atoms. The number of rotatable bonds is 3. The molecule has 2 heterocycles. The van der Waals surface area contributed by atoms with Gasteiger partial charge >= 0.3 is 0 Å². The van der Waals surface area contributed by atoms with Crippen molar-refractivity contribution in [2.24, 2.45) is 0 Å². The molecule has 0 spiro atoms. The van der Waals surface area contributed by atoms with Crippen molar-refractivity contribution in [3.63, 3.8) is 0 Å². The van der Waals surface area contributed by atoms with Gasteiger partial charge in [0.05, 0.1) is 9.77 Å². The fourth-order valence-electron chi connectivity index (χ4n) is 2.46. The van der Waals surface area contributed by atoms with E-state index in [1.165, 1.54) is 36.9 Å². The number of carbonyl (C=O) groups excluding carboxylic acids is 1. The monoisotopic (exact) mass is 336 g/mol. The van der Waals surface area contributed by atoms with Crippen molar-refractivity contribution < 1.29 is 13.2 Å². The Morgan fingerprint density at radius 2 is 2.00 bits per heavy atom. The summed E-state index contributed by atoms with van der Waals surface area (Å²) >= 11 is 1.17. The molecule has 0 saturated carbocycles. The third kappa shape index (κ3) is 2.45. The van der Waals surface area contributed by atoms with Crippen molar-refractivity contribution in [3.05, 3.63) is 46.2 Å². The quantitative estimate of drug-likeness (QED) is 0.863. The van der Waals surface area contributed by atoms with Crippen molar-refractivity contribution in [2.75, 3.05) is 25.5 Å². The van der Waals surface area contributed by atoms with Gasteiger partial charge in [0.2, 0.25) is 10.0 Å². The van der Waals surface area contributed by atoms with E-state index in [0.717, 1.165) is 22.0 Å². The maximum atomic E-state index is 12.6. The minimum atomic E-state index is -3.50. The summed E-state index contributed by atoms with van der Waals surface area (Å²) in [5, 5.41) is 1.52. The lowest BCUT2D eigenvalue weighted by Crippen LogP contribution is -2.28. The summed E-state index contributed by atoms with van der Waals surface area (Å²) in [6.07, 6.45) is 0.830. The van der Waals surface area contributed by atoms with Crippen LogP contribution >= 0.6 is 11.3 Å². The van der Waals surface area contributed by atoms with E-state index in [0.29, 0.717) is 11.4 Å². The molecule has 3 rings (SSSR count). The van der Waals surface area contributed by atoms with Crippen LogP contribution in [-0.2, 0) is 16.4 Å². The van der Waals surface area contributed by atoms with E-state index in [-0.39, 0.29) is 10.8 Å². The number of benzene rings is 1. The molecule has 1 aliphatic rings. The second kappa shape index (κ2) is 5.49. The highest BCUT2D eigenvalue weighted by molar-refractivity contribution is 7.89. The Morgan fingerprint density at radius 3 is 2.73 bits per heavy atom. The van der Waals surface area contributed by atoms with Gasteiger partial charge in [-0.3, -0.25) is 4.79 Å². The molecule has 116 valence electrons. The fourth-order valence-corrected chi connectivity index (χ4v) is 4.57. The van der Waals surface area contributed by atoms with E-state index >= 15 is 0 Å². The van der Waals surface area contributed by atoms with E-state index in [9.17, 15) is 13.2 Å². The third-order valence-electron chi connectivity index (χ3n) is 3.70. The Kier molecular flexibility index (Phi) is 3.80. The number of anilines is 1. The Hall–Kier alpha value is -1.70. The summed E-state index contributed by atoms with van der Waals surface area (Å²) in [7, 11) is -0.546. The molecule has 7 heteroatoms. The number of nitrogens with zero attached hydrogens (tertiary/aromatic N) is 2. The Balaban J connectivity index is 1.91. The van der Waals surface area contributed by atoms with Crippen LogP contribution in [0.5, 0.6) is 0 Å². The fraction of sp³-hybridized carbons (Fsp3) is 0.267. The number of thiophene rings is 1. The van der Waals surface area contributed by atoms with E-state index < -0.39 is 10.0 Å². The first kappa shape index (κ1) is 15.2. The maximum Gasteiger partial charge on any atom is 0.268 e. The van der Waals surface area contributed by atoms with Crippen LogP contribution in [0.15, 0.2) is 40.6 Å². The minimum Gasteiger partial charge on any atom is -0.307 e. The molecule has 0 aliphatic carbocycles. The van der Waals surface area contributed by atoms with E-state index in [1.54, 1.807) is 4.90 Å². The van der Waals surface area contributed by atoms with Gasteiger partial charge in [-0.2, -0.15) is 0 Å². The van der Waals surface area contributed by atoms with Gasteiger partial charge in [0.15, 0.2) is 0 Å². The van der Waals surface area contributed by atoms with Gasteiger partial charge in [-0.15, -0.1) is 11.3 Å². The summed E-state index contributed by atoms with van der Waals surface area (Å²) in [6, 6.07) is 9.26. The third-order valence-corrected chi connectivity index (χ3v) is 6.56. The standard InChI is InChI=1S/C15H16N2O3S2/c1-16(2)22(19,20)12-9-14(21-10-12)15(18)17-8-7-11-5-3-4-6-13(11)17/h3-6,9-10H,7-8H2,1-2H3. The van der Waals surface area contributed by atoms with Gasteiger partial charge in [-0.25, -0.2) is 12.7 Å².